The summed E-state index contributed by atoms with van der Waals surface area (Å²) in [6.45, 7) is 3.08. The Morgan fingerprint density at radius 1 is 1.22 bits per heavy atom. The lowest BCUT2D eigenvalue weighted by Gasteiger charge is -2.35. The highest BCUT2D eigenvalue weighted by Crippen LogP contribution is 2.22. The highest BCUT2D eigenvalue weighted by Gasteiger charge is 2.30. The van der Waals surface area contributed by atoms with Crippen LogP contribution in [0.5, 0.6) is 0 Å². The lowest BCUT2D eigenvalue weighted by Crippen LogP contribution is -2.46. The van der Waals surface area contributed by atoms with Crippen molar-refractivity contribution in [2.45, 2.75) is 38.4 Å². The molecule has 2 aromatic heterocycles. The number of carbonyl (C=O) groups excluding carboxylic acids is 1. The van der Waals surface area contributed by atoms with Gasteiger partial charge in [0, 0.05) is 50.2 Å². The van der Waals surface area contributed by atoms with Crippen LogP contribution in [-0.2, 0) is 20.9 Å². The van der Waals surface area contributed by atoms with Crippen LogP contribution in [0, 0.1) is 5.92 Å². The Kier molecular flexibility index (Phi) is 5.74. The van der Waals surface area contributed by atoms with E-state index in [1.54, 1.807) is 12.4 Å². The zero-order chi connectivity index (χ0) is 18.5. The molecule has 27 heavy (non-hydrogen) atoms. The fourth-order valence-corrected chi connectivity index (χ4v) is 3.59. The Labute approximate surface area is 157 Å². The van der Waals surface area contributed by atoms with Gasteiger partial charge >= 0.3 is 0 Å². The van der Waals surface area contributed by atoms with Gasteiger partial charge in [-0.1, -0.05) is 5.16 Å². The number of carbonyl (C=O) groups is 1. The average Bonchev–Trinajstić information content (AvgIpc) is 3.22. The van der Waals surface area contributed by atoms with E-state index in [0.717, 1.165) is 37.8 Å². The molecular formula is C19H24N4O4. The molecule has 8 nitrogen and oxygen atoms in total. The number of amides is 1. The SMILES string of the molecule is O=C(C1CCOCC1)N1CCCC(OCc2noc(-c3ccncc3)n2)C1. The van der Waals surface area contributed by atoms with Gasteiger partial charge in [-0.3, -0.25) is 9.78 Å². The zero-order valence-electron chi connectivity index (χ0n) is 15.2. The molecule has 0 aliphatic carbocycles. The summed E-state index contributed by atoms with van der Waals surface area (Å²) in [5, 5.41) is 3.98. The normalized spacial score (nSPS) is 21.3. The molecule has 0 spiro atoms. The van der Waals surface area contributed by atoms with E-state index < -0.39 is 0 Å². The molecule has 1 unspecified atom stereocenters. The number of ether oxygens (including phenoxy) is 2. The maximum absolute atomic E-state index is 12.7. The molecule has 2 aliphatic heterocycles. The van der Waals surface area contributed by atoms with E-state index in [4.69, 9.17) is 14.0 Å². The first-order valence-corrected chi connectivity index (χ1v) is 9.51. The Hall–Kier alpha value is -2.32. The number of pyridine rings is 1. The summed E-state index contributed by atoms with van der Waals surface area (Å²) in [6.07, 6.45) is 6.90. The van der Waals surface area contributed by atoms with Gasteiger partial charge in [-0.25, -0.2) is 0 Å². The van der Waals surface area contributed by atoms with Crippen LogP contribution in [0.4, 0.5) is 0 Å². The Morgan fingerprint density at radius 3 is 2.85 bits per heavy atom. The van der Waals surface area contributed by atoms with Crippen molar-refractivity contribution < 1.29 is 18.8 Å². The summed E-state index contributed by atoms with van der Waals surface area (Å²) in [5.41, 5.74) is 0.828. The second-order valence-electron chi connectivity index (χ2n) is 7.00. The van der Waals surface area contributed by atoms with E-state index in [-0.39, 0.29) is 24.5 Å². The van der Waals surface area contributed by atoms with Gasteiger partial charge in [0.05, 0.1) is 6.10 Å². The van der Waals surface area contributed by atoms with Gasteiger partial charge < -0.3 is 18.9 Å². The first-order valence-electron chi connectivity index (χ1n) is 9.51. The molecule has 0 bridgehead atoms. The van der Waals surface area contributed by atoms with Crippen molar-refractivity contribution in [2.75, 3.05) is 26.3 Å². The minimum atomic E-state index is 0.00501. The van der Waals surface area contributed by atoms with Crippen LogP contribution in [0.15, 0.2) is 29.0 Å². The molecule has 144 valence electrons. The van der Waals surface area contributed by atoms with Crippen LogP contribution in [0.1, 0.15) is 31.5 Å². The van der Waals surface area contributed by atoms with Crippen LogP contribution in [0.25, 0.3) is 11.5 Å². The molecule has 0 radical (unpaired) electrons. The van der Waals surface area contributed by atoms with Gasteiger partial charge in [-0.2, -0.15) is 4.98 Å². The molecule has 8 heteroatoms. The molecule has 4 rings (SSSR count). The van der Waals surface area contributed by atoms with Crippen molar-refractivity contribution in [3.63, 3.8) is 0 Å². The van der Waals surface area contributed by atoms with Gasteiger partial charge in [0.1, 0.15) is 6.61 Å². The molecule has 0 N–H and O–H groups in total. The summed E-state index contributed by atoms with van der Waals surface area (Å²) in [7, 11) is 0. The third-order valence-corrected chi connectivity index (χ3v) is 5.10. The van der Waals surface area contributed by atoms with Crippen LogP contribution in [0.2, 0.25) is 0 Å². The van der Waals surface area contributed by atoms with Crippen LogP contribution < -0.4 is 0 Å². The molecule has 0 saturated carbocycles. The van der Waals surface area contributed by atoms with Gasteiger partial charge in [0.2, 0.25) is 5.91 Å². The molecule has 0 aromatic carbocycles. The fraction of sp³-hybridized carbons (Fsp3) is 0.579. The van der Waals surface area contributed by atoms with Gasteiger partial charge in [-0.05, 0) is 37.8 Å². The first kappa shape index (κ1) is 18.1. The average molecular weight is 372 g/mol. The molecule has 1 atom stereocenters. The maximum atomic E-state index is 12.7. The highest BCUT2D eigenvalue weighted by molar-refractivity contribution is 5.79. The molecule has 4 heterocycles. The first-order chi connectivity index (χ1) is 13.3. The third kappa shape index (κ3) is 4.51. The Bertz CT molecular complexity index is 745. The van der Waals surface area contributed by atoms with Gasteiger partial charge in [-0.15, -0.1) is 0 Å². The topological polar surface area (TPSA) is 90.6 Å². The van der Waals surface area contributed by atoms with E-state index in [0.29, 0.717) is 31.5 Å². The van der Waals surface area contributed by atoms with E-state index in [1.807, 2.05) is 17.0 Å². The number of likely N-dealkylation sites (tertiary alicyclic amines) is 1. The number of aromatic nitrogens is 3. The summed E-state index contributed by atoms with van der Waals surface area (Å²) < 4.78 is 16.6. The summed E-state index contributed by atoms with van der Waals surface area (Å²) in [4.78, 5) is 23.0. The van der Waals surface area contributed by atoms with E-state index in [1.165, 1.54) is 0 Å². The monoisotopic (exact) mass is 372 g/mol. The van der Waals surface area contributed by atoms with Crippen molar-refractivity contribution in [3.8, 4) is 11.5 Å². The van der Waals surface area contributed by atoms with Gasteiger partial charge in [0.25, 0.3) is 5.89 Å². The lowest BCUT2D eigenvalue weighted by atomic mass is 9.97. The zero-order valence-corrected chi connectivity index (χ0v) is 15.2. The van der Waals surface area contributed by atoms with Crippen LogP contribution >= 0.6 is 0 Å². The van der Waals surface area contributed by atoms with Crippen LogP contribution in [-0.4, -0.2) is 58.3 Å². The second kappa shape index (κ2) is 8.58. The van der Waals surface area contributed by atoms with Crippen molar-refractivity contribution in [1.82, 2.24) is 20.0 Å². The second-order valence-corrected chi connectivity index (χ2v) is 7.00. The Balaban J connectivity index is 1.29. The number of hydrogen-bond donors (Lipinski definition) is 0. The van der Waals surface area contributed by atoms with E-state index >= 15 is 0 Å². The van der Waals surface area contributed by atoms with Crippen molar-refractivity contribution >= 4 is 5.91 Å². The Morgan fingerprint density at radius 2 is 2.04 bits per heavy atom. The standard InChI is InChI=1S/C19H24N4O4/c24-19(15-5-10-25-11-6-15)23-9-1-2-16(12-23)26-13-17-21-18(27-22-17)14-3-7-20-8-4-14/h3-4,7-8,15-16H,1-2,5-6,9-13H2. The number of rotatable bonds is 5. The number of nitrogens with zero attached hydrogens (tertiary/aromatic N) is 4. The van der Waals surface area contributed by atoms with Crippen LogP contribution in [0.3, 0.4) is 0 Å². The minimum Gasteiger partial charge on any atom is -0.381 e. The number of hydrogen-bond acceptors (Lipinski definition) is 7. The maximum Gasteiger partial charge on any atom is 0.258 e. The van der Waals surface area contributed by atoms with Crippen molar-refractivity contribution in [3.05, 3.63) is 30.4 Å². The highest BCUT2D eigenvalue weighted by atomic mass is 16.5. The summed E-state index contributed by atoms with van der Waals surface area (Å²) in [5.74, 6) is 1.30. The molecular weight excluding hydrogens is 348 g/mol. The predicted octanol–water partition coefficient (Wildman–Crippen LogP) is 2.07. The number of piperidine rings is 1. The molecule has 2 saturated heterocycles. The summed E-state index contributed by atoms with van der Waals surface area (Å²) in [6, 6.07) is 3.64. The third-order valence-electron chi connectivity index (χ3n) is 5.10. The predicted molar refractivity (Wildman–Crippen MR) is 95.5 cm³/mol. The summed E-state index contributed by atoms with van der Waals surface area (Å²) >= 11 is 0. The van der Waals surface area contributed by atoms with E-state index in [2.05, 4.69) is 15.1 Å². The molecule has 2 aliphatic rings. The quantitative estimate of drug-likeness (QED) is 0.793. The minimum absolute atomic E-state index is 0.00501. The van der Waals surface area contributed by atoms with E-state index in [9.17, 15) is 4.79 Å². The van der Waals surface area contributed by atoms with Crippen molar-refractivity contribution in [2.24, 2.45) is 5.92 Å². The molecule has 1 amide bonds. The smallest absolute Gasteiger partial charge is 0.258 e. The molecule has 2 aromatic rings. The molecule has 2 fully saturated rings. The lowest BCUT2D eigenvalue weighted by molar-refractivity contribution is -0.143. The fourth-order valence-electron chi connectivity index (χ4n) is 3.59. The van der Waals surface area contributed by atoms with Gasteiger partial charge in [0.15, 0.2) is 5.82 Å². The largest absolute Gasteiger partial charge is 0.381 e. The van der Waals surface area contributed by atoms with Crippen molar-refractivity contribution in [1.29, 1.82) is 0 Å².